The first kappa shape index (κ1) is 10.9. The van der Waals surface area contributed by atoms with Crippen molar-refractivity contribution in [1.29, 1.82) is 5.41 Å². The molecule has 1 aromatic heterocycles. The van der Waals surface area contributed by atoms with Gasteiger partial charge in [0.05, 0.1) is 11.8 Å². The lowest BCUT2D eigenvalue weighted by Gasteiger charge is -2.25. The van der Waals surface area contributed by atoms with Gasteiger partial charge in [0.15, 0.2) is 5.82 Å². The van der Waals surface area contributed by atoms with E-state index >= 15 is 0 Å². The van der Waals surface area contributed by atoms with Crippen molar-refractivity contribution in [3.8, 4) is 0 Å². The Hall–Kier alpha value is -1.65. The van der Waals surface area contributed by atoms with Crippen LogP contribution in [0, 0.1) is 5.41 Å². The average Bonchev–Trinajstić information content (AvgIpc) is 2.76. The smallest absolute Gasteiger partial charge is 0.162 e. The van der Waals surface area contributed by atoms with E-state index in [4.69, 9.17) is 11.1 Å². The Morgan fingerprint density at radius 1 is 1.69 bits per heavy atom. The van der Waals surface area contributed by atoms with E-state index in [-0.39, 0.29) is 5.84 Å². The molecule has 0 spiro atoms. The summed E-state index contributed by atoms with van der Waals surface area (Å²) in [6.45, 7) is 3.16. The zero-order valence-corrected chi connectivity index (χ0v) is 9.48. The van der Waals surface area contributed by atoms with E-state index < -0.39 is 0 Å². The maximum Gasteiger partial charge on any atom is 0.162 e. The van der Waals surface area contributed by atoms with Crippen molar-refractivity contribution < 1.29 is 0 Å². The zero-order chi connectivity index (χ0) is 11.5. The second kappa shape index (κ2) is 4.47. The molecule has 1 unspecified atom stereocenters. The first-order chi connectivity index (χ1) is 7.74. The fourth-order valence-electron chi connectivity index (χ4n) is 2.29. The normalized spacial score (nSPS) is 20.1. The van der Waals surface area contributed by atoms with Crippen LogP contribution in [0.2, 0.25) is 0 Å². The summed E-state index contributed by atoms with van der Waals surface area (Å²) in [5.74, 6) is 0.825. The topological polar surface area (TPSA) is 78.9 Å². The predicted molar refractivity (Wildman–Crippen MR) is 63.7 cm³/mol. The first-order valence-corrected chi connectivity index (χ1v) is 5.66. The summed E-state index contributed by atoms with van der Waals surface area (Å²) < 4.78 is 0. The van der Waals surface area contributed by atoms with Crippen molar-refractivity contribution in [2.75, 3.05) is 11.4 Å². The second-order valence-electron chi connectivity index (χ2n) is 4.08. The number of aromatic nitrogens is 2. The molecule has 1 fully saturated rings. The maximum absolute atomic E-state index is 7.55. The highest BCUT2D eigenvalue weighted by molar-refractivity contribution is 5.99. The Bertz CT molecular complexity index is 390. The van der Waals surface area contributed by atoms with Gasteiger partial charge in [-0.05, 0) is 25.3 Å². The van der Waals surface area contributed by atoms with Crippen molar-refractivity contribution in [1.82, 2.24) is 10.2 Å². The number of nitrogens with zero attached hydrogens (tertiary/aromatic N) is 3. The van der Waals surface area contributed by atoms with Gasteiger partial charge < -0.3 is 10.6 Å². The molecule has 1 saturated heterocycles. The van der Waals surface area contributed by atoms with Gasteiger partial charge in [-0.15, -0.1) is 5.10 Å². The summed E-state index contributed by atoms with van der Waals surface area (Å²) in [5.41, 5.74) is 6.25. The molecule has 1 aliphatic rings. The van der Waals surface area contributed by atoms with Crippen LogP contribution >= 0.6 is 0 Å². The van der Waals surface area contributed by atoms with Gasteiger partial charge >= 0.3 is 0 Å². The van der Waals surface area contributed by atoms with E-state index in [0.29, 0.717) is 11.6 Å². The second-order valence-corrected chi connectivity index (χ2v) is 4.08. The molecule has 0 aliphatic carbocycles. The summed E-state index contributed by atoms with van der Waals surface area (Å²) >= 11 is 0. The molecular weight excluding hydrogens is 202 g/mol. The van der Waals surface area contributed by atoms with Crippen molar-refractivity contribution in [2.45, 2.75) is 32.2 Å². The molecule has 1 aromatic rings. The minimum absolute atomic E-state index is 0.0617. The standard InChI is InChI=1S/C11H17N5/c1-2-8-4-3-7-16(8)11-9(10(12)13)5-6-14-15-11/h5-6,8H,2-4,7H2,1H3,(H3,12,13). The van der Waals surface area contributed by atoms with Gasteiger partial charge in [0, 0.05) is 12.6 Å². The van der Waals surface area contributed by atoms with E-state index in [2.05, 4.69) is 22.0 Å². The summed E-state index contributed by atoms with van der Waals surface area (Å²) in [4.78, 5) is 2.23. The Kier molecular flexibility index (Phi) is 3.03. The van der Waals surface area contributed by atoms with Gasteiger partial charge in [-0.2, -0.15) is 5.10 Å². The number of hydrogen-bond donors (Lipinski definition) is 2. The van der Waals surface area contributed by atoms with Gasteiger partial charge in [0.25, 0.3) is 0 Å². The molecule has 3 N–H and O–H groups in total. The van der Waals surface area contributed by atoms with Crippen LogP contribution in [0.15, 0.2) is 12.3 Å². The molecule has 16 heavy (non-hydrogen) atoms. The molecule has 0 radical (unpaired) electrons. The lowest BCUT2D eigenvalue weighted by Crippen LogP contribution is -2.32. The van der Waals surface area contributed by atoms with Gasteiger partial charge in [0.1, 0.15) is 5.84 Å². The first-order valence-electron chi connectivity index (χ1n) is 5.66. The van der Waals surface area contributed by atoms with E-state index in [9.17, 15) is 0 Å². The lowest BCUT2D eigenvalue weighted by atomic mass is 10.1. The Morgan fingerprint density at radius 3 is 3.19 bits per heavy atom. The fourth-order valence-corrected chi connectivity index (χ4v) is 2.29. The molecule has 1 aliphatic heterocycles. The molecule has 0 aromatic carbocycles. The molecule has 0 bridgehead atoms. The summed E-state index contributed by atoms with van der Waals surface area (Å²) in [5, 5.41) is 15.6. The van der Waals surface area contributed by atoms with Crippen LogP contribution in [0.4, 0.5) is 5.82 Å². The fraction of sp³-hybridized carbons (Fsp3) is 0.545. The third-order valence-corrected chi connectivity index (χ3v) is 3.11. The molecule has 0 amide bonds. The van der Waals surface area contributed by atoms with Crippen molar-refractivity contribution in [3.63, 3.8) is 0 Å². The third-order valence-electron chi connectivity index (χ3n) is 3.11. The molecule has 2 rings (SSSR count). The molecule has 86 valence electrons. The number of nitrogens with two attached hydrogens (primary N) is 1. The van der Waals surface area contributed by atoms with Crippen LogP contribution in [0.5, 0.6) is 0 Å². The van der Waals surface area contributed by atoms with Gasteiger partial charge in [-0.3, -0.25) is 5.41 Å². The molecule has 2 heterocycles. The van der Waals surface area contributed by atoms with E-state index in [1.54, 1.807) is 12.3 Å². The largest absolute Gasteiger partial charge is 0.384 e. The van der Waals surface area contributed by atoms with Crippen LogP contribution < -0.4 is 10.6 Å². The predicted octanol–water partition coefficient (Wildman–Crippen LogP) is 1.14. The lowest BCUT2D eigenvalue weighted by molar-refractivity contribution is 0.637. The number of hydrogen-bond acceptors (Lipinski definition) is 4. The third kappa shape index (κ3) is 1.85. The minimum atomic E-state index is 0.0617. The number of nitrogens with one attached hydrogen (secondary N) is 1. The van der Waals surface area contributed by atoms with Crippen molar-refractivity contribution in [3.05, 3.63) is 17.8 Å². The van der Waals surface area contributed by atoms with Gasteiger partial charge in [-0.25, -0.2) is 0 Å². The highest BCUT2D eigenvalue weighted by atomic mass is 15.3. The van der Waals surface area contributed by atoms with Crippen molar-refractivity contribution >= 4 is 11.7 Å². The molecule has 0 saturated carbocycles. The number of anilines is 1. The summed E-state index contributed by atoms with van der Waals surface area (Å²) in [6, 6.07) is 2.27. The summed E-state index contributed by atoms with van der Waals surface area (Å²) in [6.07, 6.45) is 5.03. The SMILES string of the molecule is CCC1CCCN1c1nnccc1C(=N)N. The average molecular weight is 219 g/mol. The van der Waals surface area contributed by atoms with Crippen LogP contribution in [0.1, 0.15) is 31.7 Å². The molecule has 1 atom stereocenters. The monoisotopic (exact) mass is 219 g/mol. The van der Waals surface area contributed by atoms with Crippen LogP contribution in [0.3, 0.4) is 0 Å². The Balaban J connectivity index is 2.35. The van der Waals surface area contributed by atoms with Crippen LogP contribution in [-0.4, -0.2) is 28.6 Å². The van der Waals surface area contributed by atoms with E-state index in [1.165, 1.54) is 12.8 Å². The number of nitrogen functional groups attached to an aromatic ring is 1. The highest BCUT2D eigenvalue weighted by Gasteiger charge is 2.26. The maximum atomic E-state index is 7.55. The van der Waals surface area contributed by atoms with E-state index in [1.807, 2.05) is 0 Å². The van der Waals surface area contributed by atoms with Gasteiger partial charge in [0.2, 0.25) is 0 Å². The quantitative estimate of drug-likeness (QED) is 0.590. The van der Waals surface area contributed by atoms with Crippen molar-refractivity contribution in [2.24, 2.45) is 5.73 Å². The minimum Gasteiger partial charge on any atom is -0.384 e. The zero-order valence-electron chi connectivity index (χ0n) is 9.48. The molecular formula is C11H17N5. The summed E-state index contributed by atoms with van der Waals surface area (Å²) in [7, 11) is 0. The van der Waals surface area contributed by atoms with E-state index in [0.717, 1.165) is 18.8 Å². The highest BCUT2D eigenvalue weighted by Crippen LogP contribution is 2.27. The van der Waals surface area contributed by atoms with Gasteiger partial charge in [-0.1, -0.05) is 6.92 Å². The van der Waals surface area contributed by atoms with Crippen LogP contribution in [-0.2, 0) is 0 Å². The van der Waals surface area contributed by atoms with Crippen LogP contribution in [0.25, 0.3) is 0 Å². The Morgan fingerprint density at radius 2 is 2.50 bits per heavy atom. The molecule has 5 heteroatoms. The molecule has 5 nitrogen and oxygen atoms in total. The Labute approximate surface area is 95.2 Å². The number of rotatable bonds is 3. The number of amidine groups is 1.